The third-order valence-corrected chi connectivity index (χ3v) is 3.29. The predicted octanol–water partition coefficient (Wildman–Crippen LogP) is 1.50. The number of hydrogen-bond acceptors (Lipinski definition) is 3. The van der Waals surface area contributed by atoms with Crippen LogP contribution in [0.3, 0.4) is 0 Å². The first-order valence-corrected chi connectivity index (χ1v) is 7.15. The van der Waals surface area contributed by atoms with Gasteiger partial charge in [-0.3, -0.25) is 14.4 Å². The maximum absolute atomic E-state index is 12.0. The Morgan fingerprint density at radius 3 is 2.35 bits per heavy atom. The average molecular weight is 313 g/mol. The van der Waals surface area contributed by atoms with Gasteiger partial charge in [-0.15, -0.1) is 0 Å². The molecule has 2 aromatic rings. The lowest BCUT2D eigenvalue weighted by molar-refractivity contribution is -0.116. The van der Waals surface area contributed by atoms with Gasteiger partial charge in [0.1, 0.15) is 6.54 Å². The summed E-state index contributed by atoms with van der Waals surface area (Å²) in [6, 6.07) is 9.87. The molecule has 0 unspecified atom stereocenters. The van der Waals surface area contributed by atoms with Gasteiger partial charge in [0.2, 0.25) is 5.91 Å². The van der Waals surface area contributed by atoms with Crippen LogP contribution in [-0.4, -0.2) is 35.4 Å². The van der Waals surface area contributed by atoms with Crippen LogP contribution in [0.15, 0.2) is 47.4 Å². The average Bonchev–Trinajstić information content (AvgIpc) is 2.50. The number of aromatic nitrogens is 1. The molecule has 1 N–H and O–H groups in total. The van der Waals surface area contributed by atoms with E-state index in [1.807, 2.05) is 6.92 Å². The highest BCUT2D eigenvalue weighted by atomic mass is 16.2. The monoisotopic (exact) mass is 313 g/mol. The van der Waals surface area contributed by atoms with Crippen LogP contribution in [0.25, 0.3) is 0 Å². The van der Waals surface area contributed by atoms with Gasteiger partial charge in [0.05, 0.1) is 0 Å². The predicted molar refractivity (Wildman–Crippen MR) is 88.5 cm³/mol. The minimum atomic E-state index is -0.303. The number of aryl methyl sites for hydroxylation is 1. The molecule has 0 bridgehead atoms. The van der Waals surface area contributed by atoms with Gasteiger partial charge in [-0.05, 0) is 42.8 Å². The first kappa shape index (κ1) is 16.5. The topological polar surface area (TPSA) is 71.4 Å². The highest BCUT2D eigenvalue weighted by molar-refractivity contribution is 5.95. The second kappa shape index (κ2) is 6.91. The Kier molecular flexibility index (Phi) is 4.95. The van der Waals surface area contributed by atoms with Gasteiger partial charge in [-0.2, -0.15) is 0 Å². The summed E-state index contributed by atoms with van der Waals surface area (Å²) < 4.78 is 1.34. The van der Waals surface area contributed by atoms with E-state index in [1.165, 1.54) is 15.5 Å². The molecule has 0 fully saturated rings. The quantitative estimate of drug-likeness (QED) is 0.930. The van der Waals surface area contributed by atoms with Gasteiger partial charge >= 0.3 is 0 Å². The summed E-state index contributed by atoms with van der Waals surface area (Å²) >= 11 is 0. The Morgan fingerprint density at radius 2 is 1.78 bits per heavy atom. The Hall–Kier alpha value is -2.89. The number of anilines is 1. The number of carbonyl (C=O) groups excluding carboxylic acids is 2. The lowest BCUT2D eigenvalue weighted by atomic mass is 10.2. The molecular weight excluding hydrogens is 294 g/mol. The van der Waals surface area contributed by atoms with Crippen molar-refractivity contribution in [3.05, 3.63) is 64.1 Å². The minimum Gasteiger partial charge on any atom is -0.345 e. The zero-order valence-corrected chi connectivity index (χ0v) is 13.4. The Bertz CT molecular complexity index is 776. The number of amides is 2. The second-order valence-corrected chi connectivity index (χ2v) is 5.50. The van der Waals surface area contributed by atoms with Crippen LogP contribution in [0.1, 0.15) is 15.9 Å². The number of nitrogens with zero attached hydrogens (tertiary/aromatic N) is 2. The summed E-state index contributed by atoms with van der Waals surface area (Å²) in [5.74, 6) is -0.406. The van der Waals surface area contributed by atoms with Crippen LogP contribution < -0.4 is 10.9 Å². The highest BCUT2D eigenvalue weighted by Gasteiger charge is 2.09. The van der Waals surface area contributed by atoms with Crippen molar-refractivity contribution in [3.63, 3.8) is 0 Å². The van der Waals surface area contributed by atoms with Crippen molar-refractivity contribution in [2.24, 2.45) is 0 Å². The molecule has 6 nitrogen and oxygen atoms in total. The fourth-order valence-corrected chi connectivity index (χ4v) is 2.05. The second-order valence-electron chi connectivity index (χ2n) is 5.50. The van der Waals surface area contributed by atoms with E-state index in [4.69, 9.17) is 0 Å². The van der Waals surface area contributed by atoms with Gasteiger partial charge < -0.3 is 14.8 Å². The van der Waals surface area contributed by atoms with Crippen molar-refractivity contribution in [2.75, 3.05) is 19.4 Å². The molecule has 2 amide bonds. The lowest BCUT2D eigenvalue weighted by Crippen LogP contribution is -2.27. The Balaban J connectivity index is 2.03. The van der Waals surface area contributed by atoms with Crippen molar-refractivity contribution >= 4 is 17.5 Å². The third kappa shape index (κ3) is 4.29. The van der Waals surface area contributed by atoms with E-state index in [1.54, 1.807) is 50.6 Å². The highest BCUT2D eigenvalue weighted by Crippen LogP contribution is 2.11. The molecule has 0 spiro atoms. The van der Waals surface area contributed by atoms with Gasteiger partial charge in [0, 0.05) is 37.6 Å². The number of pyridine rings is 1. The van der Waals surface area contributed by atoms with Crippen molar-refractivity contribution in [1.29, 1.82) is 0 Å². The number of benzene rings is 1. The molecule has 0 radical (unpaired) electrons. The van der Waals surface area contributed by atoms with Gasteiger partial charge in [0.25, 0.3) is 11.5 Å². The summed E-state index contributed by atoms with van der Waals surface area (Å²) in [5, 5.41) is 2.70. The van der Waals surface area contributed by atoms with Crippen molar-refractivity contribution in [1.82, 2.24) is 9.47 Å². The maximum atomic E-state index is 12.0. The van der Waals surface area contributed by atoms with Crippen molar-refractivity contribution in [3.8, 4) is 0 Å². The van der Waals surface area contributed by atoms with Crippen LogP contribution in [-0.2, 0) is 11.3 Å². The summed E-state index contributed by atoms with van der Waals surface area (Å²) in [6.07, 6.45) is 1.59. The molecule has 1 heterocycles. The molecule has 0 saturated carbocycles. The van der Waals surface area contributed by atoms with E-state index < -0.39 is 0 Å². The fraction of sp³-hybridized carbons (Fsp3) is 0.235. The normalized spacial score (nSPS) is 10.2. The molecule has 23 heavy (non-hydrogen) atoms. The zero-order valence-electron chi connectivity index (χ0n) is 13.4. The molecule has 0 saturated heterocycles. The minimum absolute atomic E-state index is 0.0580. The smallest absolute Gasteiger partial charge is 0.253 e. The maximum Gasteiger partial charge on any atom is 0.253 e. The van der Waals surface area contributed by atoms with Crippen LogP contribution in [0.2, 0.25) is 0 Å². The zero-order chi connectivity index (χ0) is 17.0. The summed E-state index contributed by atoms with van der Waals surface area (Å²) in [7, 11) is 3.36. The SMILES string of the molecule is Cc1ccn(CC(=O)Nc2ccc(C(=O)N(C)C)cc2)c(=O)c1. The molecule has 2 rings (SSSR count). The van der Waals surface area contributed by atoms with E-state index >= 15 is 0 Å². The summed E-state index contributed by atoms with van der Waals surface area (Å²) in [6.45, 7) is 1.76. The first-order valence-electron chi connectivity index (χ1n) is 7.15. The van der Waals surface area contributed by atoms with E-state index in [0.29, 0.717) is 11.3 Å². The Morgan fingerprint density at radius 1 is 1.13 bits per heavy atom. The third-order valence-electron chi connectivity index (χ3n) is 3.29. The number of rotatable bonds is 4. The van der Waals surface area contributed by atoms with Crippen molar-refractivity contribution < 1.29 is 9.59 Å². The molecule has 0 aliphatic heterocycles. The van der Waals surface area contributed by atoms with E-state index in [9.17, 15) is 14.4 Å². The van der Waals surface area contributed by atoms with E-state index in [2.05, 4.69) is 5.32 Å². The van der Waals surface area contributed by atoms with E-state index in [-0.39, 0.29) is 23.9 Å². The van der Waals surface area contributed by atoms with Gasteiger partial charge in [0.15, 0.2) is 0 Å². The standard InChI is InChI=1S/C17H19N3O3/c1-12-8-9-20(16(22)10-12)11-15(21)18-14-6-4-13(5-7-14)17(23)19(2)3/h4-10H,11H2,1-3H3,(H,18,21). The van der Waals surface area contributed by atoms with Gasteiger partial charge in [-0.25, -0.2) is 0 Å². The largest absolute Gasteiger partial charge is 0.345 e. The van der Waals surface area contributed by atoms with Crippen molar-refractivity contribution in [2.45, 2.75) is 13.5 Å². The number of nitrogens with one attached hydrogen (secondary N) is 1. The molecular formula is C17H19N3O3. The Labute approximate surface area is 134 Å². The molecule has 0 aliphatic carbocycles. The number of carbonyl (C=O) groups is 2. The first-order chi connectivity index (χ1) is 10.9. The van der Waals surface area contributed by atoms with Crippen LogP contribution in [0, 0.1) is 6.92 Å². The van der Waals surface area contributed by atoms with Gasteiger partial charge in [-0.1, -0.05) is 0 Å². The molecule has 0 aliphatic rings. The molecule has 120 valence electrons. The van der Waals surface area contributed by atoms with E-state index in [0.717, 1.165) is 5.56 Å². The summed E-state index contributed by atoms with van der Waals surface area (Å²) in [5.41, 5.74) is 1.76. The van der Waals surface area contributed by atoms with Crippen LogP contribution in [0.5, 0.6) is 0 Å². The van der Waals surface area contributed by atoms with Crippen LogP contribution >= 0.6 is 0 Å². The summed E-state index contributed by atoms with van der Waals surface area (Å²) in [4.78, 5) is 37.0. The fourth-order valence-electron chi connectivity index (χ4n) is 2.05. The molecule has 6 heteroatoms. The molecule has 1 aromatic heterocycles. The molecule has 1 aromatic carbocycles. The number of hydrogen-bond donors (Lipinski definition) is 1. The lowest BCUT2D eigenvalue weighted by Gasteiger charge is -2.11. The molecule has 0 atom stereocenters. The van der Waals surface area contributed by atoms with Crippen LogP contribution in [0.4, 0.5) is 5.69 Å².